The van der Waals surface area contributed by atoms with E-state index in [1.165, 1.54) is 7.05 Å². The van der Waals surface area contributed by atoms with Crippen molar-refractivity contribution in [3.8, 4) is 22.9 Å². The highest BCUT2D eigenvalue weighted by Crippen LogP contribution is 2.22. The van der Waals surface area contributed by atoms with Crippen LogP contribution in [0, 0.1) is 11.3 Å². The van der Waals surface area contributed by atoms with Crippen molar-refractivity contribution in [3.05, 3.63) is 54.1 Å². The van der Waals surface area contributed by atoms with Crippen LogP contribution in [0.4, 0.5) is 0 Å². The van der Waals surface area contributed by atoms with Crippen molar-refractivity contribution in [1.82, 2.24) is 0 Å². The Labute approximate surface area is 107 Å². The third-order valence-electron chi connectivity index (χ3n) is 2.44. The average Bonchev–Trinajstić information content (AvgIpc) is 2.49. The van der Waals surface area contributed by atoms with Gasteiger partial charge in [0.1, 0.15) is 5.75 Å². The molecular formula is C15H16N2O. The fourth-order valence-electron chi connectivity index (χ4n) is 1.52. The van der Waals surface area contributed by atoms with Gasteiger partial charge in [-0.25, -0.2) is 0 Å². The second kappa shape index (κ2) is 7.10. The normalized spacial score (nSPS) is 8.78. The minimum atomic E-state index is 0.678. The quantitative estimate of drug-likeness (QED) is 0.878. The van der Waals surface area contributed by atoms with E-state index in [-0.39, 0.29) is 0 Å². The molecular weight excluding hydrogens is 224 g/mol. The van der Waals surface area contributed by atoms with Gasteiger partial charge in [-0.15, -0.1) is 0 Å². The summed E-state index contributed by atoms with van der Waals surface area (Å²) in [5.41, 5.74) is 7.39. The molecule has 2 N–H and O–H groups in total. The van der Waals surface area contributed by atoms with Crippen LogP contribution in [0.5, 0.6) is 5.75 Å². The third-order valence-corrected chi connectivity index (χ3v) is 2.44. The Morgan fingerprint density at radius 2 is 1.33 bits per heavy atom. The number of rotatable bonds is 2. The second-order valence-corrected chi connectivity index (χ2v) is 3.42. The van der Waals surface area contributed by atoms with E-state index in [9.17, 15) is 0 Å². The van der Waals surface area contributed by atoms with Gasteiger partial charge >= 0.3 is 0 Å². The molecule has 0 unspecified atom stereocenters. The van der Waals surface area contributed by atoms with Gasteiger partial charge in [-0.2, -0.15) is 5.26 Å². The highest BCUT2D eigenvalue weighted by Gasteiger charge is 1.98. The number of ether oxygens (including phenoxy) is 1. The molecule has 3 nitrogen and oxygen atoms in total. The minimum absolute atomic E-state index is 0.678. The summed E-state index contributed by atoms with van der Waals surface area (Å²) < 4.78 is 5.10. The first kappa shape index (κ1) is 13.8. The van der Waals surface area contributed by atoms with Crippen molar-refractivity contribution in [2.75, 3.05) is 14.2 Å². The van der Waals surface area contributed by atoms with Crippen LogP contribution in [0.3, 0.4) is 0 Å². The first-order valence-electron chi connectivity index (χ1n) is 5.56. The summed E-state index contributed by atoms with van der Waals surface area (Å²) in [6, 6.07) is 17.5. The summed E-state index contributed by atoms with van der Waals surface area (Å²) in [4.78, 5) is 0. The molecule has 92 valence electrons. The van der Waals surface area contributed by atoms with Crippen LogP contribution >= 0.6 is 0 Å². The Balaban J connectivity index is 0.000000771. The topological polar surface area (TPSA) is 59.0 Å². The van der Waals surface area contributed by atoms with Crippen molar-refractivity contribution >= 4 is 0 Å². The summed E-state index contributed by atoms with van der Waals surface area (Å²) >= 11 is 0. The van der Waals surface area contributed by atoms with Crippen molar-refractivity contribution in [3.63, 3.8) is 0 Å². The predicted octanol–water partition coefficient (Wildman–Crippen LogP) is 2.81. The molecule has 18 heavy (non-hydrogen) atoms. The zero-order valence-corrected chi connectivity index (χ0v) is 10.6. The van der Waals surface area contributed by atoms with Gasteiger partial charge in [-0.1, -0.05) is 24.3 Å². The molecule has 0 aromatic heterocycles. The van der Waals surface area contributed by atoms with E-state index in [1.807, 2.05) is 48.5 Å². The molecule has 2 rings (SSSR count). The number of hydrogen-bond acceptors (Lipinski definition) is 3. The van der Waals surface area contributed by atoms with Gasteiger partial charge in [0.2, 0.25) is 0 Å². The van der Waals surface area contributed by atoms with Crippen LogP contribution in [-0.2, 0) is 0 Å². The Morgan fingerprint density at radius 3 is 1.72 bits per heavy atom. The van der Waals surface area contributed by atoms with Gasteiger partial charge in [0.15, 0.2) is 0 Å². The van der Waals surface area contributed by atoms with Crippen LogP contribution in [0.1, 0.15) is 5.56 Å². The molecule has 3 heteroatoms. The van der Waals surface area contributed by atoms with Crippen LogP contribution in [-0.4, -0.2) is 14.2 Å². The van der Waals surface area contributed by atoms with Gasteiger partial charge in [0, 0.05) is 0 Å². The maximum absolute atomic E-state index is 8.70. The van der Waals surface area contributed by atoms with Crippen LogP contribution in [0.25, 0.3) is 11.1 Å². The van der Waals surface area contributed by atoms with E-state index >= 15 is 0 Å². The Hall–Kier alpha value is -2.31. The van der Waals surface area contributed by atoms with E-state index in [0.29, 0.717) is 5.56 Å². The van der Waals surface area contributed by atoms with Gasteiger partial charge in [-0.3, -0.25) is 0 Å². The smallest absolute Gasteiger partial charge is 0.118 e. The van der Waals surface area contributed by atoms with Crippen LogP contribution in [0.15, 0.2) is 48.5 Å². The highest BCUT2D eigenvalue weighted by atomic mass is 16.5. The predicted molar refractivity (Wildman–Crippen MR) is 73.3 cm³/mol. The lowest BCUT2D eigenvalue weighted by Crippen LogP contribution is -1.83. The Bertz CT molecular complexity index is 510. The maximum Gasteiger partial charge on any atom is 0.118 e. The first-order valence-corrected chi connectivity index (χ1v) is 5.56. The number of nitriles is 1. The first-order chi connectivity index (χ1) is 8.83. The van der Waals surface area contributed by atoms with Crippen molar-refractivity contribution in [1.29, 1.82) is 5.26 Å². The number of benzene rings is 2. The highest BCUT2D eigenvalue weighted by molar-refractivity contribution is 5.64. The summed E-state index contributed by atoms with van der Waals surface area (Å²) in [6.07, 6.45) is 0. The van der Waals surface area contributed by atoms with E-state index in [0.717, 1.165) is 16.9 Å². The summed E-state index contributed by atoms with van der Waals surface area (Å²) in [7, 11) is 3.15. The molecule has 0 spiro atoms. The number of hydrogen-bond donors (Lipinski definition) is 1. The van der Waals surface area contributed by atoms with E-state index in [2.05, 4.69) is 11.8 Å². The lowest BCUT2D eigenvalue weighted by atomic mass is 10.0. The summed E-state index contributed by atoms with van der Waals surface area (Å²) in [6.45, 7) is 0. The van der Waals surface area contributed by atoms with Gasteiger partial charge in [0.25, 0.3) is 0 Å². The van der Waals surface area contributed by atoms with Crippen LogP contribution < -0.4 is 10.5 Å². The summed E-state index contributed by atoms with van der Waals surface area (Å²) in [5, 5.41) is 8.70. The van der Waals surface area contributed by atoms with Crippen molar-refractivity contribution in [2.24, 2.45) is 5.73 Å². The molecule has 2 aromatic carbocycles. The number of nitrogens with zero attached hydrogens (tertiary/aromatic N) is 1. The van der Waals surface area contributed by atoms with Gasteiger partial charge < -0.3 is 10.5 Å². The number of methoxy groups -OCH3 is 1. The largest absolute Gasteiger partial charge is 0.497 e. The van der Waals surface area contributed by atoms with E-state index in [4.69, 9.17) is 10.00 Å². The molecule has 0 aliphatic carbocycles. The Morgan fingerprint density at radius 1 is 0.889 bits per heavy atom. The fourth-order valence-corrected chi connectivity index (χ4v) is 1.52. The standard InChI is InChI=1S/C14H11NO.CH5N/c1-16-14-8-6-13(7-9-14)12-4-2-11(10-15)3-5-12;1-2/h2-9H,1H3;2H2,1H3. The van der Waals surface area contributed by atoms with Gasteiger partial charge in [0.05, 0.1) is 18.7 Å². The van der Waals surface area contributed by atoms with Crippen molar-refractivity contribution < 1.29 is 4.74 Å². The molecule has 0 radical (unpaired) electrons. The molecule has 0 fully saturated rings. The average molecular weight is 240 g/mol. The lowest BCUT2D eigenvalue weighted by molar-refractivity contribution is 0.415. The molecule has 2 aromatic rings. The SMILES string of the molecule is CN.COc1ccc(-c2ccc(C#N)cc2)cc1. The molecule has 0 atom stereocenters. The molecule has 0 saturated heterocycles. The second-order valence-electron chi connectivity index (χ2n) is 3.42. The third kappa shape index (κ3) is 3.34. The molecule has 0 aliphatic rings. The zero-order valence-electron chi connectivity index (χ0n) is 10.6. The monoisotopic (exact) mass is 240 g/mol. The molecule has 0 saturated carbocycles. The molecule has 0 heterocycles. The zero-order chi connectivity index (χ0) is 13.4. The lowest BCUT2D eigenvalue weighted by Gasteiger charge is -2.03. The molecule has 0 bridgehead atoms. The Kier molecular flexibility index (Phi) is 5.43. The molecule has 0 aliphatic heterocycles. The van der Waals surface area contributed by atoms with E-state index in [1.54, 1.807) is 7.11 Å². The minimum Gasteiger partial charge on any atom is -0.497 e. The molecule has 0 amide bonds. The summed E-state index contributed by atoms with van der Waals surface area (Å²) in [5.74, 6) is 0.845. The van der Waals surface area contributed by atoms with Crippen molar-refractivity contribution in [2.45, 2.75) is 0 Å². The fraction of sp³-hybridized carbons (Fsp3) is 0.133. The van der Waals surface area contributed by atoms with Gasteiger partial charge in [-0.05, 0) is 42.4 Å². The number of nitrogens with two attached hydrogens (primary N) is 1. The van der Waals surface area contributed by atoms with E-state index < -0.39 is 0 Å². The van der Waals surface area contributed by atoms with Crippen LogP contribution in [0.2, 0.25) is 0 Å². The maximum atomic E-state index is 8.70.